The van der Waals surface area contributed by atoms with Crippen LogP contribution < -0.4 is 5.73 Å². The Morgan fingerprint density at radius 3 is 2.82 bits per heavy atom. The molecule has 0 bridgehead atoms. The fourth-order valence-corrected chi connectivity index (χ4v) is 3.91. The van der Waals surface area contributed by atoms with Crippen LogP contribution in [-0.4, -0.2) is 33.8 Å². The zero-order valence-electron chi connectivity index (χ0n) is 9.68. The predicted octanol–water partition coefficient (Wildman–Crippen LogP) is 0.963. The van der Waals surface area contributed by atoms with Gasteiger partial charge in [0.1, 0.15) is 5.70 Å². The molecular formula is C11H16N2O3S. The summed E-state index contributed by atoms with van der Waals surface area (Å²) in [4.78, 5) is 25.2. The van der Waals surface area contributed by atoms with Crippen LogP contribution in [0.5, 0.6) is 0 Å². The number of amides is 1. The average molecular weight is 256 g/mol. The maximum Gasteiger partial charge on any atom is 0.353 e. The van der Waals surface area contributed by atoms with Crippen LogP contribution in [-0.2, 0) is 9.59 Å². The Morgan fingerprint density at radius 1 is 1.59 bits per heavy atom. The number of fused-ring (bicyclic) bond motifs is 1. The van der Waals surface area contributed by atoms with Crippen molar-refractivity contribution >= 4 is 23.6 Å². The molecule has 2 atom stereocenters. The number of carboxylic acid groups (broad SMARTS) is 1. The molecular weight excluding hydrogens is 240 g/mol. The number of β-lactam (4-membered cyclic amide) rings is 1. The lowest BCUT2D eigenvalue weighted by Gasteiger charge is -2.41. The Morgan fingerprint density at radius 2 is 2.29 bits per heavy atom. The van der Waals surface area contributed by atoms with Gasteiger partial charge in [-0.05, 0) is 25.8 Å². The van der Waals surface area contributed by atoms with Gasteiger partial charge in [-0.1, -0.05) is 6.92 Å². The fraction of sp³-hybridized carbons (Fsp3) is 0.636. The molecule has 0 aliphatic carbocycles. The van der Waals surface area contributed by atoms with Gasteiger partial charge in [-0.25, -0.2) is 4.79 Å². The molecule has 1 saturated heterocycles. The molecule has 2 heterocycles. The summed E-state index contributed by atoms with van der Waals surface area (Å²) >= 11 is 1.52. The molecule has 17 heavy (non-hydrogen) atoms. The number of rotatable bonds is 5. The van der Waals surface area contributed by atoms with Gasteiger partial charge in [-0.3, -0.25) is 9.69 Å². The summed E-state index contributed by atoms with van der Waals surface area (Å²) in [6.07, 6.45) is 2.17. The van der Waals surface area contributed by atoms with E-state index in [0.717, 1.165) is 17.7 Å². The Labute approximate surface area is 104 Å². The van der Waals surface area contributed by atoms with Crippen LogP contribution in [0.4, 0.5) is 0 Å². The number of aliphatic carboxylic acids is 1. The van der Waals surface area contributed by atoms with Crippen molar-refractivity contribution in [2.24, 2.45) is 11.7 Å². The van der Waals surface area contributed by atoms with Gasteiger partial charge in [0.15, 0.2) is 0 Å². The Hall–Kier alpha value is -1.01. The lowest BCUT2D eigenvalue weighted by atomic mass is 9.94. The number of carboxylic acids is 1. The third kappa shape index (κ3) is 1.85. The van der Waals surface area contributed by atoms with Crippen molar-refractivity contribution in [1.29, 1.82) is 0 Å². The highest BCUT2D eigenvalue weighted by Gasteiger charge is 2.54. The van der Waals surface area contributed by atoms with Crippen molar-refractivity contribution in [3.63, 3.8) is 0 Å². The zero-order chi connectivity index (χ0) is 12.6. The molecule has 5 nitrogen and oxygen atoms in total. The molecule has 1 fully saturated rings. The van der Waals surface area contributed by atoms with Crippen LogP contribution in [0.15, 0.2) is 10.6 Å². The Kier molecular flexibility index (Phi) is 3.44. The van der Waals surface area contributed by atoms with Gasteiger partial charge >= 0.3 is 5.97 Å². The van der Waals surface area contributed by atoms with Gasteiger partial charge in [0.25, 0.3) is 0 Å². The third-order valence-electron chi connectivity index (χ3n) is 3.17. The molecule has 2 aliphatic heterocycles. The van der Waals surface area contributed by atoms with Gasteiger partial charge in [0, 0.05) is 4.91 Å². The summed E-state index contributed by atoms with van der Waals surface area (Å²) in [5.74, 6) is -1.08. The van der Waals surface area contributed by atoms with Crippen LogP contribution in [0.3, 0.4) is 0 Å². The quantitative estimate of drug-likeness (QED) is 0.716. The first-order valence-corrected chi connectivity index (χ1v) is 6.66. The molecule has 0 spiro atoms. The minimum absolute atomic E-state index is 0.00590. The lowest BCUT2D eigenvalue weighted by molar-refractivity contribution is -0.151. The van der Waals surface area contributed by atoms with Gasteiger partial charge in [-0.15, -0.1) is 11.8 Å². The maximum absolute atomic E-state index is 11.8. The molecule has 1 unspecified atom stereocenters. The Balaban J connectivity index is 2.20. The van der Waals surface area contributed by atoms with E-state index >= 15 is 0 Å². The van der Waals surface area contributed by atoms with Crippen LogP contribution in [0, 0.1) is 5.92 Å². The van der Waals surface area contributed by atoms with Gasteiger partial charge in [0.2, 0.25) is 5.91 Å². The normalized spacial score (nSPS) is 27.2. The van der Waals surface area contributed by atoms with Crippen molar-refractivity contribution in [2.75, 3.05) is 6.54 Å². The van der Waals surface area contributed by atoms with E-state index in [9.17, 15) is 14.7 Å². The maximum atomic E-state index is 11.8. The van der Waals surface area contributed by atoms with Crippen molar-refractivity contribution in [1.82, 2.24) is 4.90 Å². The number of hydrogen-bond acceptors (Lipinski definition) is 4. The number of hydrogen-bond donors (Lipinski definition) is 2. The van der Waals surface area contributed by atoms with Crippen LogP contribution in [0.25, 0.3) is 0 Å². The third-order valence-corrected chi connectivity index (χ3v) is 4.63. The zero-order valence-corrected chi connectivity index (χ0v) is 10.5. The van der Waals surface area contributed by atoms with Gasteiger partial charge < -0.3 is 10.8 Å². The number of nitrogens with zero attached hydrogens (tertiary/aromatic N) is 1. The van der Waals surface area contributed by atoms with Crippen LogP contribution in [0.1, 0.15) is 26.2 Å². The molecule has 94 valence electrons. The molecule has 2 rings (SSSR count). The Bertz CT molecular complexity index is 394. The predicted molar refractivity (Wildman–Crippen MR) is 65.0 cm³/mol. The minimum Gasteiger partial charge on any atom is -0.477 e. The molecule has 2 aliphatic rings. The van der Waals surface area contributed by atoms with E-state index in [4.69, 9.17) is 5.73 Å². The largest absolute Gasteiger partial charge is 0.477 e. The second-order valence-corrected chi connectivity index (χ2v) is 5.41. The first-order chi connectivity index (χ1) is 8.11. The number of nitrogens with two attached hydrogens (primary N) is 1. The standard InChI is InChI=1S/C11H16N2O3S/c1-2-6-9(14)13-8(11(15)16)7(4-3-5-12)17-10(6)13/h6,10H,2-5,12H2,1H3,(H,15,16)/t6?,10-/m0/s1. The second kappa shape index (κ2) is 4.70. The minimum atomic E-state index is -1.00. The molecule has 0 radical (unpaired) electrons. The van der Waals surface area contributed by atoms with Crippen LogP contribution in [0.2, 0.25) is 0 Å². The first kappa shape index (κ1) is 12.4. The van der Waals surface area contributed by atoms with E-state index in [-0.39, 0.29) is 22.9 Å². The topological polar surface area (TPSA) is 83.6 Å². The van der Waals surface area contributed by atoms with E-state index in [0.29, 0.717) is 13.0 Å². The number of carbonyl (C=O) groups excluding carboxylic acids is 1. The van der Waals surface area contributed by atoms with Gasteiger partial charge in [0.05, 0.1) is 11.3 Å². The SMILES string of the molecule is CCC1C(=O)N2C(C(=O)O)=C(CCCN)S[C@@H]12. The van der Waals surface area contributed by atoms with Crippen molar-refractivity contribution < 1.29 is 14.7 Å². The number of carbonyl (C=O) groups is 2. The summed E-state index contributed by atoms with van der Waals surface area (Å²) in [6.45, 7) is 2.49. The van der Waals surface area contributed by atoms with Gasteiger partial charge in [-0.2, -0.15) is 0 Å². The first-order valence-electron chi connectivity index (χ1n) is 5.78. The second-order valence-electron chi connectivity index (χ2n) is 4.20. The molecule has 0 aromatic rings. The fourth-order valence-electron chi connectivity index (χ4n) is 2.27. The highest BCUT2D eigenvalue weighted by molar-refractivity contribution is 8.04. The summed E-state index contributed by atoms with van der Waals surface area (Å²) in [6, 6.07) is 0. The summed E-state index contributed by atoms with van der Waals surface area (Å²) in [5, 5.41) is 9.19. The van der Waals surface area contributed by atoms with Crippen molar-refractivity contribution in [2.45, 2.75) is 31.6 Å². The number of thioether (sulfide) groups is 1. The van der Waals surface area contributed by atoms with E-state index in [2.05, 4.69) is 0 Å². The highest BCUT2D eigenvalue weighted by atomic mass is 32.2. The summed E-state index contributed by atoms with van der Waals surface area (Å²) < 4.78 is 0. The average Bonchev–Trinajstić information content (AvgIpc) is 2.62. The summed E-state index contributed by atoms with van der Waals surface area (Å²) in [7, 11) is 0. The van der Waals surface area contributed by atoms with Crippen molar-refractivity contribution in [3.05, 3.63) is 10.6 Å². The molecule has 1 amide bonds. The van der Waals surface area contributed by atoms with E-state index < -0.39 is 5.97 Å². The van der Waals surface area contributed by atoms with Crippen LogP contribution >= 0.6 is 11.8 Å². The molecule has 3 N–H and O–H groups in total. The molecule has 0 aromatic carbocycles. The smallest absolute Gasteiger partial charge is 0.353 e. The van der Waals surface area contributed by atoms with E-state index in [1.807, 2.05) is 6.92 Å². The lowest BCUT2D eigenvalue weighted by Crippen LogP contribution is -2.56. The molecule has 0 aromatic heterocycles. The summed E-state index contributed by atoms with van der Waals surface area (Å²) in [5.41, 5.74) is 5.62. The highest BCUT2D eigenvalue weighted by Crippen LogP contribution is 2.51. The number of allylic oxidation sites excluding steroid dienone is 1. The molecule has 0 saturated carbocycles. The van der Waals surface area contributed by atoms with E-state index in [1.54, 1.807) is 0 Å². The monoisotopic (exact) mass is 256 g/mol. The van der Waals surface area contributed by atoms with Crippen molar-refractivity contribution in [3.8, 4) is 0 Å². The molecule has 6 heteroatoms. The van der Waals surface area contributed by atoms with E-state index in [1.165, 1.54) is 16.7 Å².